The molecule has 6 heteroatoms. The molecule has 0 radical (unpaired) electrons. The van der Waals surface area contributed by atoms with Crippen molar-refractivity contribution in [3.8, 4) is 0 Å². The van der Waals surface area contributed by atoms with Crippen molar-refractivity contribution < 1.29 is 23.5 Å². The fraction of sp³-hybridized carbons (Fsp3) is 0.385. The predicted molar refractivity (Wildman–Crippen MR) is 65.2 cm³/mol. The Hall–Kier alpha value is -1.98. The predicted octanol–water partition coefficient (Wildman–Crippen LogP) is 2.61. The molecule has 1 atom stereocenters. The molecule has 1 aromatic carbocycles. The summed E-state index contributed by atoms with van der Waals surface area (Å²) in [5, 5.41) is 11.1. The fourth-order valence-corrected chi connectivity index (χ4v) is 1.53. The van der Waals surface area contributed by atoms with Gasteiger partial charge in [-0.3, -0.25) is 9.59 Å². The van der Waals surface area contributed by atoms with E-state index in [9.17, 15) is 18.4 Å². The lowest BCUT2D eigenvalue weighted by molar-refractivity contribution is -0.137. The first-order valence-corrected chi connectivity index (χ1v) is 5.81. The Balaban J connectivity index is 2.62. The summed E-state index contributed by atoms with van der Waals surface area (Å²) in [5.41, 5.74) is -0.0779. The van der Waals surface area contributed by atoms with E-state index in [1.54, 1.807) is 6.92 Å². The van der Waals surface area contributed by atoms with Crippen LogP contribution in [-0.2, 0) is 4.79 Å². The molecule has 0 aliphatic carbocycles. The second kappa shape index (κ2) is 6.82. The lowest BCUT2D eigenvalue weighted by atomic mass is 10.1. The van der Waals surface area contributed by atoms with Crippen LogP contribution in [0.15, 0.2) is 24.3 Å². The minimum Gasteiger partial charge on any atom is -0.481 e. The molecule has 0 heterocycles. The number of nitrogens with one attached hydrogen (secondary N) is 1. The molecule has 0 aliphatic heterocycles. The molecule has 1 amide bonds. The Bertz CT molecular complexity index is 463. The van der Waals surface area contributed by atoms with Crippen molar-refractivity contribution in [1.82, 2.24) is 5.32 Å². The number of benzene rings is 1. The van der Waals surface area contributed by atoms with Crippen molar-refractivity contribution in [3.05, 3.63) is 35.4 Å². The van der Waals surface area contributed by atoms with Crippen LogP contribution in [-0.4, -0.2) is 23.0 Å². The number of carboxylic acid groups (broad SMARTS) is 1. The Kier molecular flexibility index (Phi) is 5.41. The smallest absolute Gasteiger partial charge is 0.303 e. The molecule has 0 aromatic heterocycles. The van der Waals surface area contributed by atoms with Gasteiger partial charge in [0.1, 0.15) is 0 Å². The van der Waals surface area contributed by atoms with Crippen LogP contribution in [0.25, 0.3) is 0 Å². The van der Waals surface area contributed by atoms with Crippen molar-refractivity contribution in [3.63, 3.8) is 0 Å². The van der Waals surface area contributed by atoms with Crippen LogP contribution in [0.2, 0.25) is 0 Å². The van der Waals surface area contributed by atoms with Gasteiger partial charge < -0.3 is 10.4 Å². The summed E-state index contributed by atoms with van der Waals surface area (Å²) in [4.78, 5) is 22.2. The van der Waals surface area contributed by atoms with Gasteiger partial charge in [0.2, 0.25) is 0 Å². The van der Waals surface area contributed by atoms with E-state index in [0.29, 0.717) is 0 Å². The maximum absolute atomic E-state index is 12.5. The monoisotopic (exact) mass is 271 g/mol. The van der Waals surface area contributed by atoms with Gasteiger partial charge >= 0.3 is 5.97 Å². The quantitative estimate of drug-likeness (QED) is 0.835. The molecule has 0 saturated carbocycles. The Labute approximate surface area is 109 Å². The molecule has 104 valence electrons. The SMILES string of the molecule is CC(CCC(=O)O)NC(=O)c1cccc(C(F)F)c1. The van der Waals surface area contributed by atoms with Crippen LogP contribution in [0.4, 0.5) is 8.78 Å². The van der Waals surface area contributed by atoms with Crippen molar-refractivity contribution in [1.29, 1.82) is 0 Å². The molecular weight excluding hydrogens is 256 g/mol. The van der Waals surface area contributed by atoms with Crippen LogP contribution in [0.1, 0.15) is 42.1 Å². The lowest BCUT2D eigenvalue weighted by Gasteiger charge is -2.13. The number of carbonyl (C=O) groups is 2. The molecule has 1 rings (SSSR count). The molecule has 0 saturated heterocycles. The van der Waals surface area contributed by atoms with Gasteiger partial charge in [-0.2, -0.15) is 0 Å². The van der Waals surface area contributed by atoms with Gasteiger partial charge in [0.15, 0.2) is 0 Å². The molecule has 0 spiro atoms. The van der Waals surface area contributed by atoms with Gasteiger partial charge in [-0.05, 0) is 25.5 Å². The highest BCUT2D eigenvalue weighted by Gasteiger charge is 2.13. The van der Waals surface area contributed by atoms with E-state index in [1.165, 1.54) is 18.2 Å². The van der Waals surface area contributed by atoms with Crippen molar-refractivity contribution in [2.45, 2.75) is 32.2 Å². The van der Waals surface area contributed by atoms with E-state index in [0.717, 1.165) is 6.07 Å². The Morgan fingerprint density at radius 2 is 2.05 bits per heavy atom. The van der Waals surface area contributed by atoms with Crippen LogP contribution in [0.5, 0.6) is 0 Å². The van der Waals surface area contributed by atoms with Gasteiger partial charge in [0.25, 0.3) is 12.3 Å². The lowest BCUT2D eigenvalue weighted by Crippen LogP contribution is -2.33. The average Bonchev–Trinajstić information content (AvgIpc) is 2.36. The van der Waals surface area contributed by atoms with E-state index < -0.39 is 18.3 Å². The number of aliphatic carboxylic acids is 1. The van der Waals surface area contributed by atoms with Gasteiger partial charge in [-0.1, -0.05) is 12.1 Å². The minimum absolute atomic E-state index is 0.0570. The van der Waals surface area contributed by atoms with Gasteiger partial charge in [-0.25, -0.2) is 8.78 Å². The van der Waals surface area contributed by atoms with Gasteiger partial charge in [0.05, 0.1) is 0 Å². The number of carbonyl (C=O) groups excluding carboxylic acids is 1. The summed E-state index contributed by atoms with van der Waals surface area (Å²) < 4.78 is 25.0. The van der Waals surface area contributed by atoms with Crippen LogP contribution >= 0.6 is 0 Å². The number of rotatable bonds is 6. The topological polar surface area (TPSA) is 66.4 Å². The molecule has 1 aromatic rings. The largest absolute Gasteiger partial charge is 0.481 e. The zero-order chi connectivity index (χ0) is 14.4. The van der Waals surface area contributed by atoms with Crippen molar-refractivity contribution in [2.24, 2.45) is 0 Å². The molecule has 0 bridgehead atoms. The molecule has 2 N–H and O–H groups in total. The normalized spacial score (nSPS) is 12.2. The molecule has 19 heavy (non-hydrogen) atoms. The number of alkyl halides is 2. The zero-order valence-corrected chi connectivity index (χ0v) is 10.4. The third kappa shape index (κ3) is 5.03. The second-order valence-electron chi connectivity index (χ2n) is 4.23. The van der Waals surface area contributed by atoms with E-state index in [4.69, 9.17) is 5.11 Å². The number of hydrogen-bond donors (Lipinski definition) is 2. The van der Waals surface area contributed by atoms with Gasteiger partial charge in [-0.15, -0.1) is 0 Å². The average molecular weight is 271 g/mol. The summed E-state index contributed by atoms with van der Waals surface area (Å²) in [7, 11) is 0. The first-order valence-electron chi connectivity index (χ1n) is 5.81. The van der Waals surface area contributed by atoms with Crippen molar-refractivity contribution in [2.75, 3.05) is 0 Å². The highest BCUT2D eigenvalue weighted by molar-refractivity contribution is 5.94. The highest BCUT2D eigenvalue weighted by atomic mass is 19.3. The van der Waals surface area contributed by atoms with E-state index in [-0.39, 0.29) is 30.0 Å². The summed E-state index contributed by atoms with van der Waals surface area (Å²) in [6, 6.07) is 4.86. The standard InChI is InChI=1S/C13H15F2NO3/c1-8(5-6-11(17)18)16-13(19)10-4-2-3-9(7-10)12(14)15/h2-4,7-8,12H,5-6H2,1H3,(H,16,19)(H,17,18). The van der Waals surface area contributed by atoms with Crippen LogP contribution < -0.4 is 5.32 Å². The van der Waals surface area contributed by atoms with Crippen molar-refractivity contribution >= 4 is 11.9 Å². The second-order valence-corrected chi connectivity index (χ2v) is 4.23. The summed E-state index contributed by atoms with van der Waals surface area (Å²) >= 11 is 0. The molecule has 4 nitrogen and oxygen atoms in total. The number of hydrogen-bond acceptors (Lipinski definition) is 2. The zero-order valence-electron chi connectivity index (χ0n) is 10.4. The summed E-state index contributed by atoms with van der Waals surface area (Å²) in [5.74, 6) is -1.43. The fourth-order valence-electron chi connectivity index (χ4n) is 1.53. The van der Waals surface area contributed by atoms with Crippen LogP contribution in [0, 0.1) is 0 Å². The number of carboxylic acids is 1. The molecule has 0 fully saturated rings. The van der Waals surface area contributed by atoms with Crippen LogP contribution in [0.3, 0.4) is 0 Å². The molecule has 1 unspecified atom stereocenters. The van der Waals surface area contributed by atoms with E-state index in [2.05, 4.69) is 5.32 Å². The van der Waals surface area contributed by atoms with E-state index >= 15 is 0 Å². The Morgan fingerprint density at radius 1 is 1.37 bits per heavy atom. The van der Waals surface area contributed by atoms with Gasteiger partial charge in [0, 0.05) is 23.6 Å². The van der Waals surface area contributed by atoms with E-state index in [1.807, 2.05) is 0 Å². The first kappa shape index (κ1) is 15.1. The summed E-state index contributed by atoms with van der Waals surface area (Å²) in [6.45, 7) is 1.66. The Morgan fingerprint density at radius 3 is 2.63 bits per heavy atom. The maximum atomic E-state index is 12.5. The third-order valence-electron chi connectivity index (χ3n) is 2.57. The number of amides is 1. The minimum atomic E-state index is -2.63. The molecular formula is C13H15F2NO3. The maximum Gasteiger partial charge on any atom is 0.303 e. The summed E-state index contributed by atoms with van der Waals surface area (Å²) in [6.07, 6.45) is -2.40. The number of halogens is 2. The third-order valence-corrected chi connectivity index (χ3v) is 2.57. The first-order chi connectivity index (χ1) is 8.90. The highest BCUT2D eigenvalue weighted by Crippen LogP contribution is 2.19. The molecule has 0 aliphatic rings.